The molecule has 1 aliphatic carbocycles. The molecule has 11 aromatic rings. The van der Waals surface area contributed by atoms with E-state index in [2.05, 4.69) is 182 Å². The molecule has 0 spiro atoms. The summed E-state index contributed by atoms with van der Waals surface area (Å²) in [5, 5.41) is 9.70. The van der Waals surface area contributed by atoms with Gasteiger partial charge in [0.05, 0.1) is 16.7 Å². The van der Waals surface area contributed by atoms with Gasteiger partial charge in [0, 0.05) is 22.5 Å². The molecule has 0 bridgehead atoms. The van der Waals surface area contributed by atoms with Gasteiger partial charge >= 0.3 is 0 Å². The topological polar surface area (TPSA) is 25.8 Å². The lowest BCUT2D eigenvalue weighted by molar-refractivity contribution is 1.37. The van der Waals surface area contributed by atoms with Crippen molar-refractivity contribution in [3.63, 3.8) is 0 Å². The third-order valence-electron chi connectivity index (χ3n) is 11.8. The molecule has 0 radical (unpaired) electrons. The van der Waals surface area contributed by atoms with Gasteiger partial charge in [-0.2, -0.15) is 0 Å². The predicted molar refractivity (Wildman–Crippen MR) is 236 cm³/mol. The molecule has 12 rings (SSSR count). The van der Waals surface area contributed by atoms with Gasteiger partial charge in [-0.3, -0.25) is 4.98 Å². The van der Waals surface area contributed by atoms with Crippen molar-refractivity contribution in [2.24, 2.45) is 0 Å². The minimum absolute atomic E-state index is 0.929. The molecule has 0 atom stereocenters. The summed E-state index contributed by atoms with van der Waals surface area (Å²) < 4.78 is 0. The molecule has 258 valence electrons. The fraction of sp³-hybridized carbons (Fsp3) is 0. The summed E-state index contributed by atoms with van der Waals surface area (Å²) in [5.41, 5.74) is 16.6. The van der Waals surface area contributed by atoms with Gasteiger partial charge in [0.2, 0.25) is 0 Å². The van der Waals surface area contributed by atoms with Crippen molar-refractivity contribution in [3.8, 4) is 66.9 Å². The summed E-state index contributed by atoms with van der Waals surface area (Å²) >= 11 is 0. The number of hydrogen-bond acceptors (Lipinski definition) is 2. The van der Waals surface area contributed by atoms with Gasteiger partial charge in [0.15, 0.2) is 0 Å². The number of benzene rings is 9. The normalized spacial score (nSPS) is 11.9. The van der Waals surface area contributed by atoms with Crippen molar-refractivity contribution in [1.82, 2.24) is 9.97 Å². The third kappa shape index (κ3) is 4.44. The van der Waals surface area contributed by atoms with Crippen molar-refractivity contribution in [2.45, 2.75) is 0 Å². The summed E-state index contributed by atoms with van der Waals surface area (Å²) in [6.45, 7) is 0. The number of aromatic nitrogens is 2. The van der Waals surface area contributed by atoms with Crippen LogP contribution in [0.25, 0.3) is 121 Å². The fourth-order valence-corrected chi connectivity index (χ4v) is 9.48. The largest absolute Gasteiger partial charge is 0.254 e. The zero-order valence-electron chi connectivity index (χ0n) is 30.4. The second-order valence-corrected chi connectivity index (χ2v) is 14.8. The molecule has 0 unspecified atom stereocenters. The number of nitrogens with zero attached hydrogens (tertiary/aromatic N) is 2. The van der Waals surface area contributed by atoms with Gasteiger partial charge in [-0.1, -0.05) is 176 Å². The molecule has 56 heavy (non-hydrogen) atoms. The minimum atomic E-state index is 0.929. The first-order valence-electron chi connectivity index (χ1n) is 19.2. The van der Waals surface area contributed by atoms with Crippen LogP contribution in [0, 0.1) is 0 Å². The first kappa shape index (κ1) is 31.0. The van der Waals surface area contributed by atoms with Crippen LogP contribution in [0.5, 0.6) is 0 Å². The Bertz CT molecular complexity index is 3310. The highest BCUT2D eigenvalue weighted by Gasteiger charge is 2.31. The summed E-state index contributed by atoms with van der Waals surface area (Å²) in [4.78, 5) is 9.98. The summed E-state index contributed by atoms with van der Waals surface area (Å²) in [6, 6.07) is 68.5. The van der Waals surface area contributed by atoms with Crippen LogP contribution < -0.4 is 0 Å². The third-order valence-corrected chi connectivity index (χ3v) is 11.8. The van der Waals surface area contributed by atoms with E-state index in [0.29, 0.717) is 0 Å². The molecule has 0 saturated carbocycles. The van der Waals surface area contributed by atoms with Crippen LogP contribution in [0.3, 0.4) is 0 Å². The molecule has 2 heteroatoms. The van der Waals surface area contributed by atoms with Gasteiger partial charge in [-0.25, -0.2) is 4.98 Å². The summed E-state index contributed by atoms with van der Waals surface area (Å²) in [7, 11) is 0. The second kappa shape index (κ2) is 12.0. The first-order chi connectivity index (χ1) is 27.8. The highest BCUT2D eigenvalue weighted by molar-refractivity contribution is 6.29. The maximum absolute atomic E-state index is 5.26. The van der Waals surface area contributed by atoms with Gasteiger partial charge in [-0.05, 0) is 100 Å². The van der Waals surface area contributed by atoms with Crippen LogP contribution in [-0.2, 0) is 0 Å². The molecule has 0 fully saturated rings. The van der Waals surface area contributed by atoms with E-state index >= 15 is 0 Å². The molecular weight excluding hydrogens is 677 g/mol. The average Bonchev–Trinajstić information content (AvgIpc) is 3.60. The standard InChI is InChI=1S/C54H32N2/c1-3-13-33(14-4-1)48-43-20-9-10-21-44(43)49(34-15-5-2-6-16-34)52-46-30-28-40(42-22-11-23-45(50(42)46)51(48)52)39-27-29-41(38-19-8-7-18-37(38)39)47-31-26-36-25-24-35-17-12-32-55-53(35)54(36)56-47/h1-32H. The molecule has 1 aliphatic rings. The maximum atomic E-state index is 5.26. The van der Waals surface area contributed by atoms with Gasteiger partial charge in [-0.15, -0.1) is 0 Å². The molecule has 2 heterocycles. The van der Waals surface area contributed by atoms with E-state index in [1.54, 1.807) is 0 Å². The van der Waals surface area contributed by atoms with Crippen LogP contribution >= 0.6 is 0 Å². The molecule has 2 nitrogen and oxygen atoms in total. The van der Waals surface area contributed by atoms with E-state index < -0.39 is 0 Å². The Morgan fingerprint density at radius 3 is 1.46 bits per heavy atom. The first-order valence-corrected chi connectivity index (χ1v) is 19.2. The Kier molecular flexibility index (Phi) is 6.66. The minimum Gasteiger partial charge on any atom is -0.254 e. The quantitative estimate of drug-likeness (QED) is 0.170. The van der Waals surface area contributed by atoms with Crippen LogP contribution in [0.15, 0.2) is 194 Å². The van der Waals surface area contributed by atoms with Crippen molar-refractivity contribution < 1.29 is 0 Å². The second-order valence-electron chi connectivity index (χ2n) is 14.8. The predicted octanol–water partition coefficient (Wildman–Crippen LogP) is 14.6. The van der Waals surface area contributed by atoms with Crippen molar-refractivity contribution in [3.05, 3.63) is 194 Å². The summed E-state index contributed by atoms with van der Waals surface area (Å²) in [6.07, 6.45) is 1.85. The van der Waals surface area contributed by atoms with E-state index in [1.165, 1.54) is 88.0 Å². The van der Waals surface area contributed by atoms with Gasteiger partial charge < -0.3 is 0 Å². The Morgan fingerprint density at radius 2 is 0.786 bits per heavy atom. The molecular formula is C54H32N2. The Morgan fingerprint density at radius 1 is 0.286 bits per heavy atom. The van der Waals surface area contributed by atoms with Crippen molar-refractivity contribution in [1.29, 1.82) is 0 Å². The van der Waals surface area contributed by atoms with E-state index in [0.717, 1.165) is 33.1 Å². The van der Waals surface area contributed by atoms with E-state index in [-0.39, 0.29) is 0 Å². The van der Waals surface area contributed by atoms with Gasteiger partial charge in [0.1, 0.15) is 0 Å². The molecule has 0 amide bonds. The highest BCUT2D eigenvalue weighted by Crippen LogP contribution is 2.58. The lowest BCUT2D eigenvalue weighted by atomic mass is 9.82. The number of fused-ring (bicyclic) bond motifs is 8. The Balaban J connectivity index is 1.12. The van der Waals surface area contributed by atoms with Crippen LogP contribution in [0.4, 0.5) is 0 Å². The van der Waals surface area contributed by atoms with Crippen LogP contribution in [0.1, 0.15) is 0 Å². The summed E-state index contributed by atoms with van der Waals surface area (Å²) in [5.74, 6) is 0. The van der Waals surface area contributed by atoms with Crippen LogP contribution in [-0.4, -0.2) is 9.97 Å². The average molecular weight is 709 g/mol. The zero-order chi connectivity index (χ0) is 36.7. The number of pyridine rings is 2. The van der Waals surface area contributed by atoms with E-state index in [4.69, 9.17) is 9.97 Å². The lowest BCUT2D eigenvalue weighted by Crippen LogP contribution is -1.93. The maximum Gasteiger partial charge on any atom is 0.0972 e. The SMILES string of the molecule is c1ccc(-c2c3c(c(-c4ccccc4)c4ccccc24)-c2ccc(-c4ccc(-c5ccc6ccc7cccnc7c6n5)c5ccccc45)c4cccc-3c24)cc1. The Labute approximate surface area is 324 Å². The lowest BCUT2D eigenvalue weighted by Gasteiger charge is -2.20. The molecule has 2 aromatic heterocycles. The molecule has 0 saturated heterocycles. The van der Waals surface area contributed by atoms with E-state index in [9.17, 15) is 0 Å². The Hall–Kier alpha value is -7.42. The molecule has 9 aromatic carbocycles. The van der Waals surface area contributed by atoms with Crippen molar-refractivity contribution in [2.75, 3.05) is 0 Å². The monoisotopic (exact) mass is 708 g/mol. The smallest absolute Gasteiger partial charge is 0.0972 e. The number of rotatable bonds is 4. The molecule has 0 aliphatic heterocycles. The number of hydrogen-bond donors (Lipinski definition) is 0. The van der Waals surface area contributed by atoms with Crippen molar-refractivity contribution >= 4 is 54.1 Å². The molecule has 0 N–H and O–H groups in total. The zero-order valence-corrected chi connectivity index (χ0v) is 30.4. The van der Waals surface area contributed by atoms with Gasteiger partial charge in [0.25, 0.3) is 0 Å². The fourth-order valence-electron chi connectivity index (χ4n) is 9.48. The highest BCUT2D eigenvalue weighted by atomic mass is 14.8. The van der Waals surface area contributed by atoms with Crippen LogP contribution in [0.2, 0.25) is 0 Å². The van der Waals surface area contributed by atoms with E-state index in [1.807, 2.05) is 12.3 Å².